The summed E-state index contributed by atoms with van der Waals surface area (Å²) in [6.07, 6.45) is 1.95. The minimum atomic E-state index is -0.745. The van der Waals surface area contributed by atoms with Crippen LogP contribution < -0.4 is 0 Å². The van der Waals surface area contributed by atoms with Gasteiger partial charge in [0.2, 0.25) is 0 Å². The van der Waals surface area contributed by atoms with Crippen molar-refractivity contribution in [2.45, 2.75) is 52.2 Å². The minimum Gasteiger partial charge on any atom is -0.380 e. The molecule has 6 heteroatoms. The molecule has 0 amide bonds. The maximum Gasteiger partial charge on any atom is 0.139 e. The Morgan fingerprint density at radius 1 is 1.45 bits per heavy atom. The summed E-state index contributed by atoms with van der Waals surface area (Å²) in [4.78, 5) is 4.59. The number of hydrogen-bond donors (Lipinski definition) is 1. The van der Waals surface area contributed by atoms with E-state index < -0.39 is 6.10 Å². The van der Waals surface area contributed by atoms with Gasteiger partial charge in [-0.1, -0.05) is 27.7 Å². The second-order valence-corrected chi connectivity index (χ2v) is 7.54. The average molecular weight is 358 g/mol. The zero-order valence-corrected chi connectivity index (χ0v) is 14.6. The second-order valence-electron chi connectivity index (χ2n) is 5.83. The number of hydrogen-bond acceptors (Lipinski definition) is 4. The Kier molecular flexibility index (Phi) is 4.66. The molecule has 2 aromatic rings. The third-order valence-electron chi connectivity index (χ3n) is 2.97. The number of aryl methyl sites for hydroxylation is 1. The quantitative estimate of drug-likeness (QED) is 0.902. The summed E-state index contributed by atoms with van der Waals surface area (Å²) in [5.74, 6) is 0. The van der Waals surface area contributed by atoms with Gasteiger partial charge in [0.25, 0.3) is 0 Å². The Labute approximate surface area is 132 Å². The lowest BCUT2D eigenvalue weighted by Crippen LogP contribution is -2.13. The highest BCUT2D eigenvalue weighted by molar-refractivity contribution is 9.10. The number of aliphatic hydroxyl groups excluding tert-OH is 1. The number of nitrogens with zero attached hydrogens (tertiary/aromatic N) is 3. The molecule has 1 atom stereocenters. The highest BCUT2D eigenvalue weighted by atomic mass is 79.9. The summed E-state index contributed by atoms with van der Waals surface area (Å²) in [7, 11) is 0. The monoisotopic (exact) mass is 357 g/mol. The van der Waals surface area contributed by atoms with E-state index in [-0.39, 0.29) is 5.41 Å². The van der Waals surface area contributed by atoms with Crippen LogP contribution in [0.3, 0.4) is 0 Å². The van der Waals surface area contributed by atoms with Gasteiger partial charge in [0.1, 0.15) is 6.10 Å². The van der Waals surface area contributed by atoms with Gasteiger partial charge in [-0.25, -0.2) is 4.98 Å². The number of aromatic nitrogens is 3. The largest absolute Gasteiger partial charge is 0.380 e. The Bertz CT molecular complexity index is 585. The Hall–Kier alpha value is -0.720. The highest BCUT2D eigenvalue weighted by Crippen LogP contribution is 2.32. The molecule has 0 bridgehead atoms. The van der Waals surface area contributed by atoms with E-state index in [0.717, 1.165) is 28.1 Å². The first-order valence-electron chi connectivity index (χ1n) is 6.69. The molecule has 2 rings (SSSR count). The molecule has 1 N–H and O–H groups in total. The van der Waals surface area contributed by atoms with Crippen molar-refractivity contribution in [1.29, 1.82) is 0 Å². The van der Waals surface area contributed by atoms with Crippen molar-refractivity contribution >= 4 is 27.3 Å². The third-order valence-corrected chi connectivity index (χ3v) is 4.87. The molecule has 0 saturated heterocycles. The molecule has 2 heterocycles. The van der Waals surface area contributed by atoms with Crippen molar-refractivity contribution in [2.75, 3.05) is 0 Å². The number of thiazole rings is 1. The van der Waals surface area contributed by atoms with Crippen LogP contribution in [0.5, 0.6) is 0 Å². The van der Waals surface area contributed by atoms with Crippen LogP contribution in [0.2, 0.25) is 0 Å². The summed E-state index contributed by atoms with van der Waals surface area (Å²) < 4.78 is 2.66. The van der Waals surface area contributed by atoms with Crippen molar-refractivity contribution < 1.29 is 5.11 Å². The van der Waals surface area contributed by atoms with Crippen molar-refractivity contribution in [1.82, 2.24) is 14.8 Å². The predicted octanol–water partition coefficient (Wildman–Crippen LogP) is 3.89. The van der Waals surface area contributed by atoms with Crippen molar-refractivity contribution in [3.05, 3.63) is 32.4 Å². The fourth-order valence-electron chi connectivity index (χ4n) is 1.93. The Balaban J connectivity index is 2.34. The highest BCUT2D eigenvalue weighted by Gasteiger charge is 2.24. The summed E-state index contributed by atoms with van der Waals surface area (Å²) >= 11 is 5.05. The first-order chi connectivity index (χ1) is 9.34. The molecule has 0 aliphatic carbocycles. The molecule has 0 aliphatic rings. The molecule has 20 heavy (non-hydrogen) atoms. The maximum atomic E-state index is 10.6. The number of aliphatic hydroxyl groups is 1. The van der Waals surface area contributed by atoms with E-state index >= 15 is 0 Å². The molecule has 0 fully saturated rings. The van der Waals surface area contributed by atoms with Gasteiger partial charge in [-0.3, -0.25) is 4.68 Å². The maximum absolute atomic E-state index is 10.6. The summed E-state index contributed by atoms with van der Waals surface area (Å²) in [6.45, 7) is 9.25. The van der Waals surface area contributed by atoms with Crippen LogP contribution >= 0.6 is 27.3 Å². The molecule has 0 aromatic carbocycles. The average Bonchev–Trinajstić information content (AvgIpc) is 2.96. The van der Waals surface area contributed by atoms with Crippen LogP contribution in [0.4, 0.5) is 0 Å². The zero-order chi connectivity index (χ0) is 14.9. The van der Waals surface area contributed by atoms with Gasteiger partial charge in [-0.05, 0) is 22.4 Å². The van der Waals surface area contributed by atoms with Crippen molar-refractivity contribution in [3.63, 3.8) is 0 Å². The van der Waals surface area contributed by atoms with Crippen LogP contribution in [-0.4, -0.2) is 19.9 Å². The van der Waals surface area contributed by atoms with Gasteiger partial charge in [-0.2, -0.15) is 5.10 Å². The third kappa shape index (κ3) is 3.13. The van der Waals surface area contributed by atoms with Gasteiger partial charge in [-0.15, -0.1) is 11.3 Å². The summed E-state index contributed by atoms with van der Waals surface area (Å²) in [5.41, 5.74) is 1.47. The normalized spacial score (nSPS) is 13.7. The topological polar surface area (TPSA) is 50.9 Å². The van der Waals surface area contributed by atoms with Gasteiger partial charge in [0.05, 0.1) is 27.1 Å². The van der Waals surface area contributed by atoms with E-state index in [1.165, 1.54) is 0 Å². The van der Waals surface area contributed by atoms with Gasteiger partial charge >= 0.3 is 0 Å². The molecule has 0 aliphatic heterocycles. The van der Waals surface area contributed by atoms with E-state index in [4.69, 9.17) is 0 Å². The summed E-state index contributed by atoms with van der Waals surface area (Å²) in [5, 5.41) is 17.9. The Morgan fingerprint density at radius 3 is 2.70 bits per heavy atom. The van der Waals surface area contributed by atoms with Gasteiger partial charge in [0.15, 0.2) is 0 Å². The lowest BCUT2D eigenvalue weighted by atomic mass is 9.98. The first kappa shape index (κ1) is 15.7. The molecule has 4 nitrogen and oxygen atoms in total. The minimum absolute atomic E-state index is 0.00350. The molecular weight excluding hydrogens is 338 g/mol. The lowest BCUT2D eigenvalue weighted by Gasteiger charge is -2.15. The molecule has 2 aromatic heterocycles. The fourth-order valence-corrected chi connectivity index (χ4v) is 3.37. The molecular formula is C14H20BrN3OS. The molecule has 110 valence electrons. The summed E-state index contributed by atoms with van der Waals surface area (Å²) in [6, 6.07) is 0. The van der Waals surface area contributed by atoms with Crippen molar-refractivity contribution in [2.24, 2.45) is 0 Å². The van der Waals surface area contributed by atoms with Gasteiger partial charge < -0.3 is 5.11 Å². The molecule has 0 saturated carbocycles. The smallest absolute Gasteiger partial charge is 0.139 e. The van der Waals surface area contributed by atoms with Crippen LogP contribution in [-0.2, 0) is 12.0 Å². The van der Waals surface area contributed by atoms with E-state index in [9.17, 15) is 5.11 Å². The van der Waals surface area contributed by atoms with Crippen LogP contribution in [0, 0.1) is 0 Å². The number of halogens is 1. The molecule has 0 spiro atoms. The first-order valence-corrected chi connectivity index (χ1v) is 8.37. The van der Waals surface area contributed by atoms with E-state index in [0.29, 0.717) is 5.69 Å². The zero-order valence-electron chi connectivity index (χ0n) is 12.2. The second kappa shape index (κ2) is 5.95. The van der Waals surface area contributed by atoms with Gasteiger partial charge in [0, 0.05) is 17.3 Å². The standard InChI is InChI=1S/C14H20BrN3OS/c1-5-6-18-11(9(15)7-16-18)12(19)10-8-20-13(17-10)14(2,3)4/h7-8,12,19H,5-6H2,1-4H3. The molecule has 1 unspecified atom stereocenters. The predicted molar refractivity (Wildman–Crippen MR) is 85.1 cm³/mol. The fraction of sp³-hybridized carbons (Fsp3) is 0.571. The van der Waals surface area contributed by atoms with Crippen molar-refractivity contribution in [3.8, 4) is 0 Å². The van der Waals surface area contributed by atoms with E-state index in [2.05, 4.69) is 53.7 Å². The molecule has 0 radical (unpaired) electrons. The SMILES string of the molecule is CCCn1ncc(Br)c1C(O)c1csc(C(C)(C)C)n1. The van der Waals surface area contributed by atoms with Crippen LogP contribution in [0.25, 0.3) is 0 Å². The number of rotatable bonds is 4. The lowest BCUT2D eigenvalue weighted by molar-refractivity contribution is 0.202. The van der Waals surface area contributed by atoms with Crippen LogP contribution in [0.1, 0.15) is 56.6 Å². The van der Waals surface area contributed by atoms with Crippen LogP contribution in [0.15, 0.2) is 16.0 Å². The van der Waals surface area contributed by atoms with E-state index in [1.54, 1.807) is 17.5 Å². The van der Waals surface area contributed by atoms with E-state index in [1.807, 2.05) is 10.1 Å². The Morgan fingerprint density at radius 2 is 2.15 bits per heavy atom.